The number of pyridine rings is 1. The van der Waals surface area contributed by atoms with Crippen LogP contribution in [0.25, 0.3) is 0 Å². The van der Waals surface area contributed by atoms with E-state index in [9.17, 15) is 23.4 Å². The molecule has 1 aromatic carbocycles. The molecule has 2 N–H and O–H groups in total. The number of hydrogen-bond acceptors (Lipinski definition) is 5. The summed E-state index contributed by atoms with van der Waals surface area (Å²) in [6, 6.07) is 13.6. The first-order valence-electron chi connectivity index (χ1n) is 17.3. The van der Waals surface area contributed by atoms with Crippen molar-refractivity contribution >= 4 is 0 Å². The van der Waals surface area contributed by atoms with E-state index in [4.69, 9.17) is 9.47 Å². The lowest BCUT2D eigenvalue weighted by Crippen LogP contribution is -2.65. The Kier molecular flexibility index (Phi) is 8.02. The van der Waals surface area contributed by atoms with E-state index in [0.717, 1.165) is 40.8 Å². The van der Waals surface area contributed by atoms with Crippen molar-refractivity contribution in [2.75, 3.05) is 13.2 Å². The van der Waals surface area contributed by atoms with Gasteiger partial charge in [0.2, 0.25) is 0 Å². The van der Waals surface area contributed by atoms with Crippen LogP contribution >= 0.6 is 0 Å². The molecule has 262 valence electrons. The molecule has 5 aliphatic rings. The van der Waals surface area contributed by atoms with Crippen LogP contribution in [0.2, 0.25) is 0 Å². The third kappa shape index (κ3) is 5.26. The summed E-state index contributed by atoms with van der Waals surface area (Å²) in [5.41, 5.74) is -1.74. The van der Waals surface area contributed by atoms with Gasteiger partial charge in [-0.2, -0.15) is 22.0 Å². The molecule has 10 heteroatoms. The first kappa shape index (κ1) is 34.1. The summed E-state index contributed by atoms with van der Waals surface area (Å²) < 4.78 is 85.3. The van der Waals surface area contributed by atoms with Gasteiger partial charge >= 0.3 is 12.1 Å². The third-order valence-corrected chi connectivity index (χ3v) is 12.7. The number of alkyl halides is 5. The van der Waals surface area contributed by atoms with Crippen molar-refractivity contribution in [3.8, 4) is 0 Å². The van der Waals surface area contributed by atoms with Gasteiger partial charge in [-0.05, 0) is 92.0 Å². The van der Waals surface area contributed by atoms with Crippen LogP contribution in [0.1, 0.15) is 94.9 Å². The van der Waals surface area contributed by atoms with E-state index < -0.39 is 52.8 Å². The fourth-order valence-electron chi connectivity index (χ4n) is 10.0. The van der Waals surface area contributed by atoms with Crippen molar-refractivity contribution < 1.29 is 41.6 Å². The standard InChI is InChI=1S/C38H46F5NO4/c1-32(2)22-47-35(48-23-32)17-14-30-31-27(13-16-34(30,45)21-35)29-15-18-36(46,37(39,40)38(41,42)43)33(29,3)20-28(31)25-10-7-24(8-11-25)9-12-26-6-4-5-19-44-26/h4-8,10-11,19,27-29,45-46H,9,12-18,20-23H2,1-3H3/t27?,28-,29?,33+,34?,36+/m1/s1. The smallest absolute Gasteiger partial charge is 0.385 e. The maximum absolute atomic E-state index is 15.4. The zero-order valence-corrected chi connectivity index (χ0v) is 27.9. The number of aromatic nitrogens is 1. The Hall–Kier alpha value is -2.40. The van der Waals surface area contributed by atoms with Crippen molar-refractivity contribution in [2.24, 2.45) is 22.7 Å². The van der Waals surface area contributed by atoms with Crippen molar-refractivity contribution in [2.45, 2.75) is 120 Å². The number of halogens is 5. The number of aryl methyl sites for hydroxylation is 2. The van der Waals surface area contributed by atoms with Gasteiger partial charge in [0, 0.05) is 41.5 Å². The van der Waals surface area contributed by atoms with Gasteiger partial charge in [0.25, 0.3) is 0 Å². The summed E-state index contributed by atoms with van der Waals surface area (Å²) >= 11 is 0. The average Bonchev–Trinajstić information content (AvgIpc) is 3.32. The Morgan fingerprint density at radius 1 is 0.875 bits per heavy atom. The predicted octanol–water partition coefficient (Wildman–Crippen LogP) is 8.09. The number of hydrogen-bond donors (Lipinski definition) is 2. The molecule has 0 bridgehead atoms. The van der Waals surface area contributed by atoms with E-state index in [1.807, 2.05) is 42.5 Å². The molecule has 6 atom stereocenters. The van der Waals surface area contributed by atoms with Crippen LogP contribution in [-0.4, -0.2) is 57.5 Å². The summed E-state index contributed by atoms with van der Waals surface area (Å²) in [7, 11) is 0. The molecule has 0 radical (unpaired) electrons. The van der Waals surface area contributed by atoms with Crippen LogP contribution in [0.4, 0.5) is 22.0 Å². The molecule has 3 saturated carbocycles. The van der Waals surface area contributed by atoms with Gasteiger partial charge in [-0.25, -0.2) is 0 Å². The molecule has 4 aliphatic carbocycles. The van der Waals surface area contributed by atoms with Crippen molar-refractivity contribution in [3.05, 3.63) is 76.6 Å². The summed E-state index contributed by atoms with van der Waals surface area (Å²) in [6.07, 6.45) is -1.33. The van der Waals surface area contributed by atoms with Crippen LogP contribution in [-0.2, 0) is 22.3 Å². The highest BCUT2D eigenvalue weighted by Crippen LogP contribution is 2.71. The maximum atomic E-state index is 15.4. The fourth-order valence-corrected chi connectivity index (χ4v) is 10.0. The number of ether oxygens (including phenoxy) is 2. The van der Waals surface area contributed by atoms with Crippen molar-refractivity contribution in [3.63, 3.8) is 0 Å². The monoisotopic (exact) mass is 675 g/mol. The lowest BCUT2D eigenvalue weighted by Gasteiger charge is -2.59. The van der Waals surface area contributed by atoms with E-state index in [1.165, 1.54) is 6.92 Å². The minimum Gasteiger partial charge on any atom is -0.385 e. The molecular formula is C38H46F5NO4. The number of benzene rings is 1. The number of allylic oxidation sites excluding steroid dienone is 1. The van der Waals surface area contributed by atoms with Crippen molar-refractivity contribution in [1.82, 2.24) is 4.98 Å². The second-order valence-electron chi connectivity index (χ2n) is 16.3. The Labute approximate surface area is 278 Å². The molecule has 0 amide bonds. The largest absolute Gasteiger partial charge is 0.456 e. The lowest BCUT2D eigenvalue weighted by molar-refractivity contribution is -0.362. The molecule has 48 heavy (non-hydrogen) atoms. The average molecular weight is 676 g/mol. The Bertz CT molecular complexity index is 1550. The zero-order valence-electron chi connectivity index (χ0n) is 27.9. The number of nitrogens with zero attached hydrogens (tertiary/aromatic N) is 1. The topological polar surface area (TPSA) is 71.8 Å². The summed E-state index contributed by atoms with van der Waals surface area (Å²) in [4.78, 5) is 4.39. The SMILES string of the molecule is CC1(C)COC2(CCC3=C4C(CCC3(O)C2)C2CC[C@@](O)(C(F)(F)C(F)(F)F)[C@@]2(C)C[C@@H]4c2ccc(CCc3ccccn3)cc2)OC1. The molecule has 3 unspecified atom stereocenters. The highest BCUT2D eigenvalue weighted by Gasteiger charge is 2.79. The molecule has 1 saturated heterocycles. The Morgan fingerprint density at radius 2 is 1.58 bits per heavy atom. The van der Waals surface area contributed by atoms with E-state index in [0.29, 0.717) is 38.9 Å². The molecule has 1 spiro atoms. The second-order valence-corrected chi connectivity index (χ2v) is 16.3. The minimum atomic E-state index is -5.89. The van der Waals surface area contributed by atoms with Crippen LogP contribution in [0.5, 0.6) is 0 Å². The molecule has 2 heterocycles. The van der Waals surface area contributed by atoms with Gasteiger partial charge in [0.05, 0.1) is 18.8 Å². The highest BCUT2D eigenvalue weighted by molar-refractivity contribution is 5.45. The number of fused-ring (bicyclic) bond motifs is 4. The van der Waals surface area contributed by atoms with Gasteiger partial charge in [0.15, 0.2) is 5.79 Å². The van der Waals surface area contributed by atoms with Gasteiger partial charge in [-0.1, -0.05) is 56.7 Å². The first-order valence-corrected chi connectivity index (χ1v) is 17.3. The van der Waals surface area contributed by atoms with Gasteiger partial charge in [-0.15, -0.1) is 0 Å². The van der Waals surface area contributed by atoms with Crippen molar-refractivity contribution in [1.29, 1.82) is 0 Å². The zero-order chi connectivity index (χ0) is 34.4. The third-order valence-electron chi connectivity index (χ3n) is 12.7. The van der Waals surface area contributed by atoms with Crippen LogP contribution in [0.3, 0.4) is 0 Å². The fraction of sp³-hybridized carbons (Fsp3) is 0.658. The quantitative estimate of drug-likeness (QED) is 0.248. The lowest BCUT2D eigenvalue weighted by atomic mass is 9.49. The Morgan fingerprint density at radius 3 is 2.23 bits per heavy atom. The van der Waals surface area contributed by atoms with Crippen LogP contribution < -0.4 is 0 Å². The summed E-state index contributed by atoms with van der Waals surface area (Å²) in [5.74, 6) is -7.66. The molecule has 1 aromatic heterocycles. The van der Waals surface area contributed by atoms with Gasteiger partial charge in [0.1, 0.15) is 5.60 Å². The van der Waals surface area contributed by atoms with E-state index in [-0.39, 0.29) is 30.6 Å². The molecule has 5 nitrogen and oxygen atoms in total. The first-order chi connectivity index (χ1) is 22.4. The van der Waals surface area contributed by atoms with Crippen LogP contribution in [0, 0.1) is 22.7 Å². The van der Waals surface area contributed by atoms with Gasteiger partial charge < -0.3 is 19.7 Å². The van der Waals surface area contributed by atoms with Gasteiger partial charge in [-0.3, -0.25) is 4.98 Å². The van der Waals surface area contributed by atoms with E-state index >= 15 is 8.78 Å². The molecule has 1 aliphatic heterocycles. The minimum absolute atomic E-state index is 0.0585. The maximum Gasteiger partial charge on any atom is 0.456 e. The summed E-state index contributed by atoms with van der Waals surface area (Å²) in [5, 5.41) is 24.0. The van der Waals surface area contributed by atoms with E-state index in [2.05, 4.69) is 18.8 Å². The normalized spacial score (nSPS) is 36.0. The Balaban J connectivity index is 1.27. The summed E-state index contributed by atoms with van der Waals surface area (Å²) in [6.45, 7) is 6.57. The molecular weight excluding hydrogens is 629 g/mol. The van der Waals surface area contributed by atoms with Crippen LogP contribution in [0.15, 0.2) is 59.8 Å². The second kappa shape index (κ2) is 11.3. The molecule has 7 rings (SSSR count). The van der Waals surface area contributed by atoms with E-state index in [1.54, 1.807) is 6.20 Å². The predicted molar refractivity (Wildman–Crippen MR) is 169 cm³/mol. The highest BCUT2D eigenvalue weighted by atomic mass is 19.4. The number of rotatable bonds is 5. The number of aliphatic hydroxyl groups is 2. The molecule has 4 fully saturated rings. The molecule has 2 aromatic rings.